The molecule has 0 saturated heterocycles. The molecule has 110 valence electrons. The molecule has 0 saturated carbocycles. The van der Waals surface area contributed by atoms with Gasteiger partial charge in [0.2, 0.25) is 0 Å². The molecule has 0 radical (unpaired) electrons. The summed E-state index contributed by atoms with van der Waals surface area (Å²) >= 11 is 0. The van der Waals surface area contributed by atoms with Crippen LogP contribution in [0.3, 0.4) is 0 Å². The maximum absolute atomic E-state index is 13.4. The first-order chi connectivity index (χ1) is 8.08. The molecule has 0 aromatic rings. The standard InChI is InChI=1S/C13H24F4O/c1-10(2)6-4-8-12(14,15)13(16,17)9-5-7-11(3)18/h10-11,18H,4-9H2,1-3H3. The van der Waals surface area contributed by atoms with E-state index in [9.17, 15) is 17.6 Å². The number of aliphatic hydroxyl groups is 1. The number of alkyl halides is 4. The first-order valence-electron chi connectivity index (χ1n) is 6.52. The van der Waals surface area contributed by atoms with Gasteiger partial charge in [0, 0.05) is 12.8 Å². The summed E-state index contributed by atoms with van der Waals surface area (Å²) in [6.07, 6.45) is -1.70. The van der Waals surface area contributed by atoms with E-state index in [0.29, 0.717) is 6.42 Å². The quantitative estimate of drug-likeness (QED) is 0.606. The molecule has 0 bridgehead atoms. The minimum atomic E-state index is -3.97. The van der Waals surface area contributed by atoms with Crippen molar-refractivity contribution in [2.45, 2.75) is 77.2 Å². The third-order valence-corrected chi connectivity index (χ3v) is 2.92. The van der Waals surface area contributed by atoms with E-state index in [1.807, 2.05) is 13.8 Å². The van der Waals surface area contributed by atoms with E-state index in [4.69, 9.17) is 5.11 Å². The summed E-state index contributed by atoms with van der Waals surface area (Å²) in [5.74, 6) is -7.68. The van der Waals surface area contributed by atoms with Crippen LogP contribution in [-0.4, -0.2) is 23.1 Å². The molecule has 0 amide bonds. The zero-order valence-corrected chi connectivity index (χ0v) is 11.4. The third-order valence-electron chi connectivity index (χ3n) is 2.92. The normalized spacial score (nSPS) is 15.2. The smallest absolute Gasteiger partial charge is 0.310 e. The van der Waals surface area contributed by atoms with Gasteiger partial charge in [0.15, 0.2) is 0 Å². The zero-order chi connectivity index (χ0) is 14.4. The van der Waals surface area contributed by atoms with Crippen molar-refractivity contribution in [3.63, 3.8) is 0 Å². The van der Waals surface area contributed by atoms with Crippen molar-refractivity contribution < 1.29 is 22.7 Å². The minimum Gasteiger partial charge on any atom is -0.393 e. The molecule has 0 aliphatic carbocycles. The Balaban J connectivity index is 4.18. The van der Waals surface area contributed by atoms with Crippen molar-refractivity contribution in [3.8, 4) is 0 Å². The summed E-state index contributed by atoms with van der Waals surface area (Å²) in [6.45, 7) is 5.21. The highest BCUT2D eigenvalue weighted by molar-refractivity contribution is 4.84. The van der Waals surface area contributed by atoms with Crippen molar-refractivity contribution in [1.29, 1.82) is 0 Å². The SMILES string of the molecule is CC(C)CCCC(F)(F)C(F)(F)CCCC(C)O. The molecule has 0 aromatic heterocycles. The summed E-state index contributed by atoms with van der Waals surface area (Å²) in [7, 11) is 0. The number of aliphatic hydroxyl groups excluding tert-OH is 1. The lowest BCUT2D eigenvalue weighted by Gasteiger charge is -2.27. The molecule has 0 aliphatic heterocycles. The Hall–Kier alpha value is -0.320. The summed E-state index contributed by atoms with van der Waals surface area (Å²) in [4.78, 5) is 0. The maximum Gasteiger partial charge on any atom is 0.310 e. The number of hydrogen-bond acceptors (Lipinski definition) is 1. The van der Waals surface area contributed by atoms with Crippen LogP contribution in [0.1, 0.15) is 59.3 Å². The van der Waals surface area contributed by atoms with Crippen LogP contribution in [-0.2, 0) is 0 Å². The summed E-state index contributed by atoms with van der Waals surface area (Å²) in [5, 5.41) is 8.92. The van der Waals surface area contributed by atoms with Gasteiger partial charge < -0.3 is 5.11 Å². The molecule has 0 rings (SSSR count). The van der Waals surface area contributed by atoms with E-state index in [1.165, 1.54) is 6.92 Å². The van der Waals surface area contributed by atoms with Gasteiger partial charge in [-0.1, -0.05) is 20.3 Å². The van der Waals surface area contributed by atoms with E-state index >= 15 is 0 Å². The molecule has 1 atom stereocenters. The summed E-state index contributed by atoms with van der Waals surface area (Å²) in [5.41, 5.74) is 0. The second-order valence-corrected chi connectivity index (χ2v) is 5.44. The van der Waals surface area contributed by atoms with Gasteiger partial charge >= 0.3 is 11.8 Å². The Kier molecular flexibility index (Phi) is 7.18. The zero-order valence-electron chi connectivity index (χ0n) is 11.4. The molecule has 1 unspecified atom stereocenters. The first-order valence-corrected chi connectivity index (χ1v) is 6.52. The third kappa shape index (κ3) is 6.57. The molecule has 0 heterocycles. The molecule has 0 aromatic carbocycles. The Morgan fingerprint density at radius 1 is 0.833 bits per heavy atom. The van der Waals surface area contributed by atoms with Crippen LogP contribution >= 0.6 is 0 Å². The molecule has 1 N–H and O–H groups in total. The van der Waals surface area contributed by atoms with Gasteiger partial charge in [-0.05, 0) is 32.1 Å². The Morgan fingerprint density at radius 3 is 1.56 bits per heavy atom. The van der Waals surface area contributed by atoms with Gasteiger partial charge in [0.1, 0.15) is 0 Å². The monoisotopic (exact) mass is 272 g/mol. The predicted octanol–water partition coefficient (Wildman–Crippen LogP) is 4.63. The number of hydrogen-bond donors (Lipinski definition) is 1. The highest BCUT2D eigenvalue weighted by atomic mass is 19.3. The molecule has 18 heavy (non-hydrogen) atoms. The van der Waals surface area contributed by atoms with Crippen LogP contribution in [0.5, 0.6) is 0 Å². The lowest BCUT2D eigenvalue weighted by atomic mass is 9.97. The fourth-order valence-corrected chi connectivity index (χ4v) is 1.72. The summed E-state index contributed by atoms with van der Waals surface area (Å²) in [6, 6.07) is 0. The topological polar surface area (TPSA) is 20.2 Å². The van der Waals surface area contributed by atoms with Crippen molar-refractivity contribution in [3.05, 3.63) is 0 Å². The number of rotatable bonds is 9. The average Bonchev–Trinajstić information content (AvgIpc) is 2.15. The van der Waals surface area contributed by atoms with Crippen LogP contribution in [0.2, 0.25) is 0 Å². The molecule has 5 heteroatoms. The largest absolute Gasteiger partial charge is 0.393 e. The predicted molar refractivity (Wildman–Crippen MR) is 64.1 cm³/mol. The van der Waals surface area contributed by atoms with Gasteiger partial charge in [-0.3, -0.25) is 0 Å². The van der Waals surface area contributed by atoms with E-state index in [1.54, 1.807) is 0 Å². The lowest BCUT2D eigenvalue weighted by molar-refractivity contribution is -0.216. The maximum atomic E-state index is 13.4. The van der Waals surface area contributed by atoms with Crippen LogP contribution in [0.25, 0.3) is 0 Å². The van der Waals surface area contributed by atoms with Crippen LogP contribution in [0, 0.1) is 5.92 Å². The van der Waals surface area contributed by atoms with Crippen molar-refractivity contribution in [1.82, 2.24) is 0 Å². The van der Waals surface area contributed by atoms with Gasteiger partial charge in [-0.15, -0.1) is 0 Å². The second-order valence-electron chi connectivity index (χ2n) is 5.44. The fourth-order valence-electron chi connectivity index (χ4n) is 1.72. The van der Waals surface area contributed by atoms with Crippen LogP contribution in [0.15, 0.2) is 0 Å². The van der Waals surface area contributed by atoms with E-state index in [-0.39, 0.29) is 25.2 Å². The highest BCUT2D eigenvalue weighted by Gasteiger charge is 2.54. The minimum absolute atomic E-state index is 0.0928. The molecule has 1 nitrogen and oxygen atoms in total. The number of halogens is 4. The highest BCUT2D eigenvalue weighted by Crippen LogP contribution is 2.41. The molecular weight excluding hydrogens is 248 g/mol. The second kappa shape index (κ2) is 7.31. The average molecular weight is 272 g/mol. The summed E-state index contributed by atoms with van der Waals surface area (Å²) < 4.78 is 53.4. The Bertz CT molecular complexity index is 203. The van der Waals surface area contributed by atoms with Gasteiger partial charge in [-0.25, -0.2) is 0 Å². The fraction of sp³-hybridized carbons (Fsp3) is 1.00. The van der Waals surface area contributed by atoms with Crippen molar-refractivity contribution >= 4 is 0 Å². The first kappa shape index (κ1) is 17.7. The van der Waals surface area contributed by atoms with Gasteiger partial charge in [-0.2, -0.15) is 17.6 Å². The van der Waals surface area contributed by atoms with Crippen molar-refractivity contribution in [2.75, 3.05) is 0 Å². The Morgan fingerprint density at radius 2 is 1.22 bits per heavy atom. The van der Waals surface area contributed by atoms with Crippen LogP contribution < -0.4 is 0 Å². The molecule has 0 aliphatic rings. The van der Waals surface area contributed by atoms with E-state index < -0.39 is 30.8 Å². The van der Waals surface area contributed by atoms with Crippen LogP contribution in [0.4, 0.5) is 17.6 Å². The van der Waals surface area contributed by atoms with Gasteiger partial charge in [0.25, 0.3) is 0 Å². The lowest BCUT2D eigenvalue weighted by Crippen LogP contribution is -2.40. The molecular formula is C13H24F4O. The molecule has 0 spiro atoms. The Labute approximate surface area is 107 Å². The van der Waals surface area contributed by atoms with E-state index in [0.717, 1.165) is 0 Å². The van der Waals surface area contributed by atoms with E-state index in [2.05, 4.69) is 0 Å². The van der Waals surface area contributed by atoms with Gasteiger partial charge in [0.05, 0.1) is 6.10 Å². The molecule has 0 fully saturated rings. The van der Waals surface area contributed by atoms with Crippen molar-refractivity contribution in [2.24, 2.45) is 5.92 Å².